The maximum Gasteiger partial charge on any atom is 0.387 e. The molecular formula is C21H29F2IN4O2S. The Kier molecular flexibility index (Phi) is 10.7. The molecule has 2 N–H and O–H groups in total. The number of nitrogens with zero attached hydrogens (tertiary/aromatic N) is 2. The van der Waals surface area contributed by atoms with Crippen LogP contribution in [0.3, 0.4) is 0 Å². The van der Waals surface area contributed by atoms with Crippen molar-refractivity contribution in [3.05, 3.63) is 46.2 Å². The third-order valence-corrected chi connectivity index (χ3v) is 6.05. The maximum atomic E-state index is 12.8. The van der Waals surface area contributed by atoms with Crippen molar-refractivity contribution in [1.29, 1.82) is 0 Å². The fourth-order valence-corrected chi connectivity index (χ4v) is 4.41. The molecule has 1 aromatic carbocycles. The third-order valence-electron chi connectivity index (χ3n) is 5.08. The smallest absolute Gasteiger partial charge is 0.387 e. The molecule has 2 aromatic rings. The number of alkyl halides is 2. The van der Waals surface area contributed by atoms with Gasteiger partial charge in [-0.1, -0.05) is 6.07 Å². The zero-order valence-corrected chi connectivity index (χ0v) is 20.8. The summed E-state index contributed by atoms with van der Waals surface area (Å²) in [6.07, 6.45) is 2.44. The molecule has 2 heterocycles. The zero-order chi connectivity index (χ0) is 21.3. The van der Waals surface area contributed by atoms with E-state index in [1.165, 1.54) is 30.9 Å². The van der Waals surface area contributed by atoms with E-state index in [0.29, 0.717) is 30.4 Å². The molecule has 10 heteroatoms. The van der Waals surface area contributed by atoms with E-state index in [1.54, 1.807) is 30.5 Å². The van der Waals surface area contributed by atoms with Crippen LogP contribution in [0.25, 0.3) is 0 Å². The predicted molar refractivity (Wildman–Crippen MR) is 131 cm³/mol. The van der Waals surface area contributed by atoms with Crippen LogP contribution in [0.5, 0.6) is 11.5 Å². The maximum absolute atomic E-state index is 12.8. The van der Waals surface area contributed by atoms with Crippen LogP contribution in [-0.4, -0.2) is 51.3 Å². The van der Waals surface area contributed by atoms with Gasteiger partial charge in [-0.2, -0.15) is 8.78 Å². The summed E-state index contributed by atoms with van der Waals surface area (Å²) in [5.74, 6) is 1.15. The van der Waals surface area contributed by atoms with E-state index in [4.69, 9.17) is 4.74 Å². The first kappa shape index (κ1) is 25.6. The molecule has 0 saturated carbocycles. The number of methoxy groups -OCH3 is 1. The van der Waals surface area contributed by atoms with Crippen molar-refractivity contribution in [2.75, 3.05) is 33.8 Å². The van der Waals surface area contributed by atoms with Gasteiger partial charge in [0.05, 0.1) is 13.2 Å². The van der Waals surface area contributed by atoms with Crippen molar-refractivity contribution < 1.29 is 18.3 Å². The average molecular weight is 566 g/mol. The summed E-state index contributed by atoms with van der Waals surface area (Å²) in [6.45, 7) is 0.287. The number of nitrogens with one attached hydrogen (secondary N) is 2. The number of guanidine groups is 1. The lowest BCUT2D eigenvalue weighted by Gasteiger charge is -2.27. The molecule has 0 spiro atoms. The van der Waals surface area contributed by atoms with Gasteiger partial charge in [0.1, 0.15) is 11.5 Å². The van der Waals surface area contributed by atoms with Crippen LogP contribution in [-0.2, 0) is 6.54 Å². The van der Waals surface area contributed by atoms with Gasteiger partial charge in [-0.05, 0) is 49.5 Å². The van der Waals surface area contributed by atoms with Crippen molar-refractivity contribution in [3.63, 3.8) is 0 Å². The number of likely N-dealkylation sites (tertiary alicyclic amines) is 1. The molecule has 1 fully saturated rings. The molecule has 6 nitrogen and oxygen atoms in total. The lowest BCUT2D eigenvalue weighted by Crippen LogP contribution is -2.42. The number of aliphatic imine (C=N–C) groups is 1. The van der Waals surface area contributed by atoms with Crippen LogP contribution in [0.2, 0.25) is 0 Å². The van der Waals surface area contributed by atoms with E-state index < -0.39 is 6.61 Å². The van der Waals surface area contributed by atoms with Crippen LogP contribution < -0.4 is 20.1 Å². The Morgan fingerprint density at radius 3 is 2.61 bits per heavy atom. The predicted octanol–water partition coefficient (Wildman–Crippen LogP) is 4.48. The first-order valence-electron chi connectivity index (χ1n) is 9.94. The zero-order valence-electron chi connectivity index (χ0n) is 17.6. The molecule has 1 aliphatic heterocycles. The number of benzene rings is 1. The van der Waals surface area contributed by atoms with E-state index in [0.717, 1.165) is 13.1 Å². The quantitative estimate of drug-likeness (QED) is 0.267. The highest BCUT2D eigenvalue weighted by Crippen LogP contribution is 2.28. The highest BCUT2D eigenvalue weighted by Gasteiger charge is 2.24. The second-order valence-corrected chi connectivity index (χ2v) is 7.91. The van der Waals surface area contributed by atoms with Crippen LogP contribution in [0.15, 0.2) is 40.7 Å². The molecule has 172 valence electrons. The van der Waals surface area contributed by atoms with Crippen LogP contribution in [0.4, 0.5) is 8.78 Å². The summed E-state index contributed by atoms with van der Waals surface area (Å²) in [5, 5.41) is 8.66. The molecule has 31 heavy (non-hydrogen) atoms. The van der Waals surface area contributed by atoms with Gasteiger partial charge >= 0.3 is 6.61 Å². The van der Waals surface area contributed by atoms with Gasteiger partial charge in [0.25, 0.3) is 0 Å². The molecule has 1 atom stereocenters. The number of thiophene rings is 1. The van der Waals surface area contributed by atoms with Gasteiger partial charge in [0.15, 0.2) is 5.96 Å². The van der Waals surface area contributed by atoms with Crippen molar-refractivity contribution >= 4 is 41.3 Å². The normalized spacial score (nSPS) is 15.5. The van der Waals surface area contributed by atoms with Crippen molar-refractivity contribution in [2.45, 2.75) is 32.0 Å². The fraction of sp³-hybridized carbons (Fsp3) is 0.476. The van der Waals surface area contributed by atoms with Gasteiger partial charge in [0, 0.05) is 36.6 Å². The Hall–Kier alpha value is -1.66. The second kappa shape index (κ2) is 13.0. The molecule has 0 amide bonds. The molecule has 1 saturated heterocycles. The molecule has 0 bridgehead atoms. The SMILES string of the molecule is CN=C(NCc1ccc(OC)cc1OC(F)F)NCC(c1cccs1)N1CCCC1.I. The molecule has 0 radical (unpaired) electrons. The van der Waals surface area contributed by atoms with Gasteiger partial charge in [-0.3, -0.25) is 9.89 Å². The standard InChI is InChI=1S/C21H28F2N4O2S.HI/c1-24-21(25-13-15-7-8-16(28-2)12-18(15)29-20(22)23)26-14-17(19-6-5-11-30-19)27-9-3-4-10-27;/h5-8,11-12,17,20H,3-4,9-10,13-14H2,1-2H3,(H2,24,25,26);1H. The average Bonchev–Trinajstić information content (AvgIpc) is 3.45. The highest BCUT2D eigenvalue weighted by molar-refractivity contribution is 14.0. The first-order valence-corrected chi connectivity index (χ1v) is 10.8. The van der Waals surface area contributed by atoms with Gasteiger partial charge in [-0.25, -0.2) is 0 Å². The van der Waals surface area contributed by atoms with Gasteiger partial charge < -0.3 is 20.1 Å². The Labute approximate surface area is 203 Å². The molecule has 3 rings (SSSR count). The van der Waals surface area contributed by atoms with Gasteiger partial charge in [-0.15, -0.1) is 35.3 Å². The number of hydrogen-bond acceptors (Lipinski definition) is 5. The monoisotopic (exact) mass is 566 g/mol. The molecule has 1 aromatic heterocycles. The highest BCUT2D eigenvalue weighted by atomic mass is 127. The van der Waals surface area contributed by atoms with Crippen LogP contribution in [0, 0.1) is 0 Å². The molecular weight excluding hydrogens is 537 g/mol. The summed E-state index contributed by atoms with van der Waals surface area (Å²) in [6, 6.07) is 9.40. The van der Waals surface area contributed by atoms with E-state index in [2.05, 4.69) is 42.8 Å². The Morgan fingerprint density at radius 2 is 2.00 bits per heavy atom. The largest absolute Gasteiger partial charge is 0.497 e. The first-order chi connectivity index (χ1) is 14.6. The molecule has 1 aliphatic rings. The summed E-state index contributed by atoms with van der Waals surface area (Å²) < 4.78 is 35.3. The number of hydrogen-bond donors (Lipinski definition) is 2. The number of halogens is 3. The van der Waals surface area contributed by atoms with Gasteiger partial charge in [0.2, 0.25) is 0 Å². The van der Waals surface area contributed by atoms with E-state index in [1.807, 2.05) is 0 Å². The second-order valence-electron chi connectivity index (χ2n) is 6.93. The van der Waals surface area contributed by atoms with Crippen molar-refractivity contribution in [3.8, 4) is 11.5 Å². The summed E-state index contributed by atoms with van der Waals surface area (Å²) >= 11 is 1.76. The molecule has 1 unspecified atom stereocenters. The number of rotatable bonds is 9. The van der Waals surface area contributed by atoms with Crippen molar-refractivity contribution in [2.24, 2.45) is 4.99 Å². The third kappa shape index (κ3) is 7.46. The van der Waals surface area contributed by atoms with Crippen LogP contribution in [0.1, 0.15) is 29.3 Å². The van der Waals surface area contributed by atoms with E-state index >= 15 is 0 Å². The Bertz CT molecular complexity index is 818. The van der Waals surface area contributed by atoms with Crippen molar-refractivity contribution in [1.82, 2.24) is 15.5 Å². The molecule has 0 aliphatic carbocycles. The van der Waals surface area contributed by atoms with Crippen LogP contribution >= 0.6 is 35.3 Å². The fourth-order valence-electron chi connectivity index (χ4n) is 3.55. The Morgan fingerprint density at radius 1 is 1.23 bits per heavy atom. The summed E-state index contributed by atoms with van der Waals surface area (Å²) in [4.78, 5) is 8.09. The number of ether oxygens (including phenoxy) is 2. The Balaban J connectivity index is 0.00000341. The lowest BCUT2D eigenvalue weighted by atomic mass is 10.2. The summed E-state index contributed by atoms with van der Waals surface area (Å²) in [5.41, 5.74) is 0.591. The van der Waals surface area contributed by atoms with E-state index in [-0.39, 0.29) is 35.8 Å². The lowest BCUT2D eigenvalue weighted by molar-refractivity contribution is -0.0505. The summed E-state index contributed by atoms with van der Waals surface area (Å²) in [7, 11) is 3.17. The topological polar surface area (TPSA) is 58.1 Å². The minimum absolute atomic E-state index is 0. The minimum Gasteiger partial charge on any atom is -0.497 e. The minimum atomic E-state index is -2.90. The van der Waals surface area contributed by atoms with E-state index in [9.17, 15) is 8.78 Å².